The number of carbonyl (C=O) groups is 1. The number of aldehydes is 1. The molecule has 0 aliphatic carbocycles. The van der Waals surface area contributed by atoms with Crippen LogP contribution in [0.2, 0.25) is 0 Å². The van der Waals surface area contributed by atoms with Crippen molar-refractivity contribution in [1.82, 2.24) is 10.2 Å². The number of alkyl halides is 6. The van der Waals surface area contributed by atoms with E-state index < -0.39 is 48.6 Å². The van der Waals surface area contributed by atoms with Gasteiger partial charge in [-0.2, -0.15) is 26.3 Å². The number of morpholine rings is 1. The highest BCUT2D eigenvalue weighted by molar-refractivity contribution is 5.85. The molecule has 3 N–H and O–H groups in total. The number of nitrogens with zero attached hydrogens (tertiary/aromatic N) is 1. The maximum Gasteiger partial charge on any atom is 0.416 e. The fraction of sp³-hybridized carbons (Fsp3) is 0.435. The fourth-order valence-corrected chi connectivity index (χ4v) is 3.87. The molecule has 1 fully saturated rings. The number of rotatable bonds is 9. The average molecular weight is 542 g/mol. The highest BCUT2D eigenvalue weighted by Crippen LogP contribution is 2.37. The summed E-state index contributed by atoms with van der Waals surface area (Å²) in [7, 11) is 0. The molecular formula is C23H26ClF6N3O3. The lowest BCUT2D eigenvalue weighted by Gasteiger charge is -2.43. The van der Waals surface area contributed by atoms with E-state index in [0.29, 0.717) is 37.1 Å². The molecule has 2 aromatic carbocycles. The van der Waals surface area contributed by atoms with Gasteiger partial charge in [-0.3, -0.25) is 10.2 Å². The smallest absolute Gasteiger partial charge is 0.349 e. The van der Waals surface area contributed by atoms with Gasteiger partial charge < -0.3 is 20.0 Å². The Morgan fingerprint density at radius 2 is 1.69 bits per heavy atom. The molecule has 0 radical (unpaired) electrons. The predicted molar refractivity (Wildman–Crippen MR) is 121 cm³/mol. The molecule has 2 aromatic rings. The first-order chi connectivity index (χ1) is 16.5. The van der Waals surface area contributed by atoms with Crippen molar-refractivity contribution in [3.05, 3.63) is 70.8 Å². The van der Waals surface area contributed by atoms with Gasteiger partial charge in [0.15, 0.2) is 12.6 Å². The molecule has 3 atom stereocenters. The van der Waals surface area contributed by atoms with Crippen molar-refractivity contribution in [2.75, 3.05) is 26.2 Å². The number of nitrogens with two attached hydrogens (primary N) is 1. The summed E-state index contributed by atoms with van der Waals surface area (Å²) in [5.41, 5.74) is 3.05. The summed E-state index contributed by atoms with van der Waals surface area (Å²) >= 11 is 0. The molecule has 1 aliphatic heterocycles. The zero-order chi connectivity index (χ0) is 25.6. The largest absolute Gasteiger partial charge is 0.416 e. The topological polar surface area (TPSA) is 76.8 Å². The molecule has 0 bridgehead atoms. The fourth-order valence-electron chi connectivity index (χ4n) is 3.87. The highest BCUT2D eigenvalue weighted by atomic mass is 35.5. The number of carbonyl (C=O) groups excluding carboxylic acids is 1. The van der Waals surface area contributed by atoms with Crippen LogP contribution in [0.15, 0.2) is 48.5 Å². The van der Waals surface area contributed by atoms with E-state index in [1.54, 1.807) is 35.2 Å². The lowest BCUT2D eigenvalue weighted by Crippen LogP contribution is -2.56. The van der Waals surface area contributed by atoms with Gasteiger partial charge >= 0.3 is 12.4 Å². The third-order valence-corrected chi connectivity index (χ3v) is 5.43. The maximum absolute atomic E-state index is 13.2. The number of hydrogen-bond donors (Lipinski definition) is 2. The SMILES string of the molecule is Cl.NCCNC(C=O)N1CCOC(OCc2cc(C(F)(F)F)cc(C(F)(F)F)c2)C1c1ccccc1. The Labute approximate surface area is 210 Å². The van der Waals surface area contributed by atoms with Gasteiger partial charge in [0.05, 0.1) is 30.4 Å². The monoisotopic (exact) mass is 541 g/mol. The van der Waals surface area contributed by atoms with Crippen molar-refractivity contribution < 1.29 is 40.6 Å². The molecule has 0 amide bonds. The van der Waals surface area contributed by atoms with Gasteiger partial charge in [-0.05, 0) is 29.3 Å². The van der Waals surface area contributed by atoms with E-state index in [-0.39, 0.29) is 37.2 Å². The number of ether oxygens (including phenoxy) is 2. The Hall–Kier alpha value is -2.22. The van der Waals surface area contributed by atoms with Crippen molar-refractivity contribution in [2.24, 2.45) is 5.73 Å². The summed E-state index contributed by atoms with van der Waals surface area (Å²) in [5, 5.41) is 3.00. The number of nitrogens with one attached hydrogen (secondary N) is 1. The molecule has 200 valence electrons. The first kappa shape index (κ1) is 30.0. The third-order valence-electron chi connectivity index (χ3n) is 5.43. The lowest BCUT2D eigenvalue weighted by atomic mass is 10.0. The van der Waals surface area contributed by atoms with E-state index in [9.17, 15) is 31.1 Å². The molecule has 3 unspecified atom stereocenters. The van der Waals surface area contributed by atoms with E-state index in [1.807, 2.05) is 0 Å². The van der Waals surface area contributed by atoms with E-state index in [2.05, 4.69) is 5.32 Å². The second-order valence-corrected chi connectivity index (χ2v) is 7.88. The second kappa shape index (κ2) is 12.8. The Balaban J connectivity index is 0.00000456. The molecule has 1 saturated heterocycles. The maximum atomic E-state index is 13.2. The van der Waals surface area contributed by atoms with Crippen LogP contribution in [0.1, 0.15) is 28.3 Å². The standard InChI is InChI=1S/C23H25F6N3O3.ClH/c24-22(25,26)17-10-15(11-18(12-17)23(27,28)29)14-35-21-20(16-4-2-1-3-5-16)32(8-9-34-21)19(13-33)31-7-6-30;/h1-5,10-13,19-21,31H,6-9,14,30H2;1H. The van der Waals surface area contributed by atoms with Gasteiger partial charge in [-0.1, -0.05) is 30.3 Å². The third kappa shape index (κ3) is 7.64. The average Bonchev–Trinajstić information content (AvgIpc) is 2.82. The van der Waals surface area contributed by atoms with E-state index >= 15 is 0 Å². The Morgan fingerprint density at radius 1 is 1.08 bits per heavy atom. The van der Waals surface area contributed by atoms with E-state index in [1.165, 1.54) is 0 Å². The second-order valence-electron chi connectivity index (χ2n) is 7.88. The van der Waals surface area contributed by atoms with Crippen LogP contribution in [0, 0.1) is 0 Å². The van der Waals surface area contributed by atoms with Gasteiger partial charge in [-0.25, -0.2) is 0 Å². The lowest BCUT2D eigenvalue weighted by molar-refractivity contribution is -0.222. The minimum Gasteiger partial charge on any atom is -0.349 e. The molecule has 3 rings (SSSR count). The molecule has 0 saturated carbocycles. The molecule has 36 heavy (non-hydrogen) atoms. The highest BCUT2D eigenvalue weighted by Gasteiger charge is 2.39. The summed E-state index contributed by atoms with van der Waals surface area (Å²) in [6.07, 6.45) is -11.1. The number of benzene rings is 2. The zero-order valence-corrected chi connectivity index (χ0v) is 19.7. The molecule has 6 nitrogen and oxygen atoms in total. The molecular weight excluding hydrogens is 516 g/mol. The van der Waals surface area contributed by atoms with Gasteiger partial charge in [0.25, 0.3) is 0 Å². The van der Waals surface area contributed by atoms with Crippen LogP contribution < -0.4 is 11.1 Å². The normalized spacial score (nSPS) is 20.0. The van der Waals surface area contributed by atoms with Crippen molar-refractivity contribution in [1.29, 1.82) is 0 Å². The minimum atomic E-state index is -4.97. The molecule has 13 heteroatoms. The minimum absolute atomic E-state index is 0. The van der Waals surface area contributed by atoms with Gasteiger partial charge in [0, 0.05) is 19.6 Å². The van der Waals surface area contributed by atoms with Gasteiger partial charge in [0.2, 0.25) is 0 Å². The molecule has 1 heterocycles. The predicted octanol–water partition coefficient (Wildman–Crippen LogP) is 4.14. The van der Waals surface area contributed by atoms with Crippen molar-refractivity contribution in [2.45, 2.75) is 37.5 Å². The van der Waals surface area contributed by atoms with Crippen LogP contribution in [0.4, 0.5) is 26.3 Å². The quantitative estimate of drug-likeness (QED) is 0.367. The zero-order valence-electron chi connectivity index (χ0n) is 18.9. The van der Waals surface area contributed by atoms with Crippen LogP contribution in [0.25, 0.3) is 0 Å². The van der Waals surface area contributed by atoms with Crippen LogP contribution in [-0.2, 0) is 33.2 Å². The Morgan fingerprint density at radius 3 is 2.22 bits per heavy atom. The van der Waals surface area contributed by atoms with Crippen molar-refractivity contribution in [3.63, 3.8) is 0 Å². The first-order valence-corrected chi connectivity index (χ1v) is 10.8. The molecule has 0 aromatic heterocycles. The van der Waals surface area contributed by atoms with Crippen molar-refractivity contribution >= 4 is 18.7 Å². The molecule has 1 aliphatic rings. The van der Waals surface area contributed by atoms with E-state index in [0.717, 1.165) is 0 Å². The first-order valence-electron chi connectivity index (χ1n) is 10.8. The van der Waals surface area contributed by atoms with Gasteiger partial charge in [0.1, 0.15) is 6.17 Å². The van der Waals surface area contributed by atoms with E-state index in [4.69, 9.17) is 15.2 Å². The van der Waals surface area contributed by atoms with Crippen LogP contribution in [-0.4, -0.2) is 49.9 Å². The number of halogens is 7. The molecule has 0 spiro atoms. The van der Waals surface area contributed by atoms with Crippen LogP contribution in [0.5, 0.6) is 0 Å². The Kier molecular flexibility index (Phi) is 10.7. The summed E-state index contributed by atoms with van der Waals surface area (Å²) in [6.45, 7) is 0.498. The van der Waals surface area contributed by atoms with Crippen molar-refractivity contribution in [3.8, 4) is 0 Å². The number of hydrogen-bond acceptors (Lipinski definition) is 6. The summed E-state index contributed by atoms with van der Waals surface area (Å²) in [5.74, 6) is 0. The summed E-state index contributed by atoms with van der Waals surface area (Å²) in [4.78, 5) is 13.6. The Bertz CT molecular complexity index is 946. The van der Waals surface area contributed by atoms with Crippen LogP contribution >= 0.6 is 12.4 Å². The summed E-state index contributed by atoms with van der Waals surface area (Å²) < 4.78 is 90.7. The van der Waals surface area contributed by atoms with Crippen LogP contribution in [0.3, 0.4) is 0 Å². The summed E-state index contributed by atoms with van der Waals surface area (Å²) in [6, 6.07) is 9.44. The van der Waals surface area contributed by atoms with Gasteiger partial charge in [-0.15, -0.1) is 12.4 Å².